The van der Waals surface area contributed by atoms with E-state index >= 15 is 0 Å². The van der Waals surface area contributed by atoms with E-state index in [4.69, 9.17) is 15.9 Å². The first-order valence-corrected chi connectivity index (χ1v) is 7.91. The van der Waals surface area contributed by atoms with Crippen LogP contribution in [-0.2, 0) is 22.6 Å². The summed E-state index contributed by atoms with van der Waals surface area (Å²) in [4.78, 5) is 22.2. The SMILES string of the molecule is C#CCOc1cc(N=NC)ccc1COC(=O)Cc1ccc([N+](=O)[O-])cc1. The van der Waals surface area contributed by atoms with Gasteiger partial charge in [0, 0.05) is 30.8 Å². The van der Waals surface area contributed by atoms with Gasteiger partial charge in [0.2, 0.25) is 0 Å². The van der Waals surface area contributed by atoms with Gasteiger partial charge in [0.15, 0.2) is 0 Å². The Morgan fingerprint density at radius 3 is 2.63 bits per heavy atom. The second-order valence-corrected chi connectivity index (χ2v) is 5.35. The molecule has 2 aromatic carbocycles. The van der Waals surface area contributed by atoms with Crippen LogP contribution in [-0.4, -0.2) is 24.5 Å². The third-order valence-electron chi connectivity index (χ3n) is 3.46. The van der Waals surface area contributed by atoms with Gasteiger partial charge in [-0.25, -0.2) is 0 Å². The summed E-state index contributed by atoms with van der Waals surface area (Å²) >= 11 is 0. The number of terminal acetylenes is 1. The molecule has 0 spiro atoms. The number of carbonyl (C=O) groups is 1. The van der Waals surface area contributed by atoms with Crippen molar-refractivity contribution in [3.05, 3.63) is 63.7 Å². The zero-order valence-electron chi connectivity index (χ0n) is 14.6. The number of nitro groups is 1. The lowest BCUT2D eigenvalue weighted by molar-refractivity contribution is -0.384. The first-order chi connectivity index (χ1) is 13.0. The van der Waals surface area contributed by atoms with Crippen molar-refractivity contribution in [2.24, 2.45) is 10.2 Å². The van der Waals surface area contributed by atoms with E-state index in [0.29, 0.717) is 22.6 Å². The third-order valence-corrected chi connectivity index (χ3v) is 3.46. The Balaban J connectivity index is 2.00. The standard InChI is InChI=1S/C19H17N3O5/c1-3-10-26-18-12-16(21-20-2)7-6-15(18)13-27-19(23)11-14-4-8-17(9-5-14)22(24)25/h1,4-9,12H,10-11,13H2,2H3. The van der Waals surface area contributed by atoms with E-state index in [2.05, 4.69) is 16.1 Å². The van der Waals surface area contributed by atoms with E-state index in [1.54, 1.807) is 25.2 Å². The number of nitrogens with zero attached hydrogens (tertiary/aromatic N) is 3. The van der Waals surface area contributed by atoms with E-state index in [1.165, 1.54) is 24.3 Å². The van der Waals surface area contributed by atoms with Crippen molar-refractivity contribution in [3.8, 4) is 18.1 Å². The predicted molar refractivity (Wildman–Crippen MR) is 97.8 cm³/mol. The molecular weight excluding hydrogens is 350 g/mol. The van der Waals surface area contributed by atoms with Crippen LogP contribution in [0, 0.1) is 22.5 Å². The fraction of sp³-hybridized carbons (Fsp3) is 0.211. The first kappa shape index (κ1) is 19.6. The minimum Gasteiger partial charge on any atom is -0.480 e. The van der Waals surface area contributed by atoms with Gasteiger partial charge < -0.3 is 9.47 Å². The highest BCUT2D eigenvalue weighted by molar-refractivity contribution is 5.72. The van der Waals surface area contributed by atoms with Crippen LogP contribution in [0.5, 0.6) is 5.75 Å². The van der Waals surface area contributed by atoms with Crippen LogP contribution in [0.4, 0.5) is 11.4 Å². The molecule has 0 radical (unpaired) electrons. The number of benzene rings is 2. The van der Waals surface area contributed by atoms with Gasteiger partial charge in [-0.3, -0.25) is 14.9 Å². The maximum Gasteiger partial charge on any atom is 0.310 e. The number of nitro benzene ring substituents is 1. The number of rotatable bonds is 8. The van der Waals surface area contributed by atoms with Crippen LogP contribution in [0.15, 0.2) is 52.7 Å². The maximum absolute atomic E-state index is 12.0. The Hall–Kier alpha value is -3.73. The van der Waals surface area contributed by atoms with Gasteiger partial charge in [0.25, 0.3) is 5.69 Å². The van der Waals surface area contributed by atoms with E-state index in [0.717, 1.165) is 0 Å². The predicted octanol–water partition coefficient (Wildman–Crippen LogP) is 3.61. The fourth-order valence-corrected chi connectivity index (χ4v) is 2.21. The van der Waals surface area contributed by atoms with Crippen LogP contribution < -0.4 is 4.74 Å². The van der Waals surface area contributed by atoms with Crippen LogP contribution >= 0.6 is 0 Å². The van der Waals surface area contributed by atoms with Crippen molar-refractivity contribution in [1.29, 1.82) is 0 Å². The lowest BCUT2D eigenvalue weighted by atomic mass is 10.1. The molecule has 0 amide bonds. The molecule has 8 heteroatoms. The molecule has 0 aliphatic heterocycles. The summed E-state index contributed by atoms with van der Waals surface area (Å²) in [5.41, 5.74) is 1.81. The molecule has 0 fully saturated rings. The summed E-state index contributed by atoms with van der Waals surface area (Å²) in [7, 11) is 1.55. The molecule has 0 unspecified atom stereocenters. The van der Waals surface area contributed by atoms with Crippen molar-refractivity contribution >= 4 is 17.3 Å². The molecule has 27 heavy (non-hydrogen) atoms. The third kappa shape index (κ3) is 5.93. The summed E-state index contributed by atoms with van der Waals surface area (Å²) in [5, 5.41) is 18.3. The highest BCUT2D eigenvalue weighted by Gasteiger charge is 2.11. The first-order valence-electron chi connectivity index (χ1n) is 7.91. The topological polar surface area (TPSA) is 103 Å². The highest BCUT2D eigenvalue weighted by atomic mass is 16.6. The maximum atomic E-state index is 12.0. The number of non-ortho nitro benzene ring substituents is 1. The summed E-state index contributed by atoms with van der Waals surface area (Å²) in [6.45, 7) is 0.0612. The van der Waals surface area contributed by atoms with Gasteiger partial charge in [0.05, 0.1) is 17.0 Å². The molecule has 0 bridgehead atoms. The molecule has 0 atom stereocenters. The Kier molecular flexibility index (Phi) is 7.02. The smallest absolute Gasteiger partial charge is 0.310 e. The molecule has 2 aromatic rings. The second kappa shape index (κ2) is 9.68. The average molecular weight is 367 g/mol. The molecule has 0 saturated carbocycles. The number of ether oxygens (including phenoxy) is 2. The molecular formula is C19H17N3O5. The molecule has 0 aromatic heterocycles. The molecule has 0 N–H and O–H groups in total. The molecule has 2 rings (SSSR count). The molecule has 138 valence electrons. The zero-order valence-corrected chi connectivity index (χ0v) is 14.6. The molecule has 0 aliphatic rings. The van der Waals surface area contributed by atoms with Crippen LogP contribution in [0.3, 0.4) is 0 Å². The molecule has 0 heterocycles. The van der Waals surface area contributed by atoms with Gasteiger partial charge in [-0.1, -0.05) is 18.1 Å². The summed E-state index contributed by atoms with van der Waals surface area (Å²) in [5.74, 6) is 2.36. The average Bonchev–Trinajstić information content (AvgIpc) is 2.66. The van der Waals surface area contributed by atoms with Gasteiger partial charge in [-0.15, -0.1) is 6.42 Å². The number of hydrogen-bond acceptors (Lipinski definition) is 7. The molecule has 8 nitrogen and oxygen atoms in total. The van der Waals surface area contributed by atoms with Crippen molar-refractivity contribution in [2.75, 3.05) is 13.7 Å². The van der Waals surface area contributed by atoms with Crippen LogP contribution in [0.25, 0.3) is 0 Å². The number of esters is 1. The van der Waals surface area contributed by atoms with Gasteiger partial charge in [-0.05, 0) is 17.7 Å². The van der Waals surface area contributed by atoms with E-state index < -0.39 is 10.9 Å². The van der Waals surface area contributed by atoms with Gasteiger partial charge in [0.1, 0.15) is 19.0 Å². The van der Waals surface area contributed by atoms with Crippen molar-refractivity contribution < 1.29 is 19.2 Å². The van der Waals surface area contributed by atoms with Crippen molar-refractivity contribution in [1.82, 2.24) is 0 Å². The number of carbonyl (C=O) groups excluding carboxylic acids is 1. The van der Waals surface area contributed by atoms with E-state index in [9.17, 15) is 14.9 Å². The minimum absolute atomic E-state index is 0.000667. The van der Waals surface area contributed by atoms with Crippen molar-refractivity contribution in [2.45, 2.75) is 13.0 Å². The number of azo groups is 1. The summed E-state index contributed by atoms with van der Waals surface area (Å²) in [6, 6.07) is 10.8. The van der Waals surface area contributed by atoms with Crippen LogP contribution in [0.1, 0.15) is 11.1 Å². The van der Waals surface area contributed by atoms with Crippen LogP contribution in [0.2, 0.25) is 0 Å². The van der Waals surface area contributed by atoms with Crippen molar-refractivity contribution in [3.63, 3.8) is 0 Å². The number of hydrogen-bond donors (Lipinski definition) is 0. The quantitative estimate of drug-likeness (QED) is 0.233. The van der Waals surface area contributed by atoms with Gasteiger partial charge >= 0.3 is 5.97 Å². The lowest BCUT2D eigenvalue weighted by Gasteiger charge is -2.11. The monoisotopic (exact) mass is 367 g/mol. The highest BCUT2D eigenvalue weighted by Crippen LogP contribution is 2.26. The van der Waals surface area contributed by atoms with Gasteiger partial charge in [-0.2, -0.15) is 10.2 Å². The lowest BCUT2D eigenvalue weighted by Crippen LogP contribution is -2.09. The normalized spacial score (nSPS) is 10.4. The summed E-state index contributed by atoms with van der Waals surface area (Å²) < 4.78 is 10.7. The Labute approximate surface area is 156 Å². The molecule has 0 aliphatic carbocycles. The van der Waals surface area contributed by atoms with E-state index in [-0.39, 0.29) is 25.3 Å². The second-order valence-electron chi connectivity index (χ2n) is 5.35. The summed E-state index contributed by atoms with van der Waals surface area (Å²) in [6.07, 6.45) is 5.22. The Morgan fingerprint density at radius 2 is 2.00 bits per heavy atom. The van der Waals surface area contributed by atoms with E-state index in [1.807, 2.05) is 0 Å². The molecule has 0 saturated heterocycles. The Bertz CT molecular complexity index is 885. The zero-order chi connectivity index (χ0) is 19.6. The largest absolute Gasteiger partial charge is 0.480 e. The Morgan fingerprint density at radius 1 is 1.26 bits per heavy atom. The fourth-order valence-electron chi connectivity index (χ4n) is 2.21. The minimum atomic E-state index is -0.498.